The van der Waals surface area contributed by atoms with Crippen molar-refractivity contribution in [1.29, 1.82) is 0 Å². The molecule has 0 aliphatic heterocycles. The predicted octanol–water partition coefficient (Wildman–Crippen LogP) is 5.20. The van der Waals surface area contributed by atoms with Gasteiger partial charge in [-0.15, -0.1) is 0 Å². The van der Waals surface area contributed by atoms with Gasteiger partial charge in [-0.3, -0.25) is 0 Å². The molecule has 0 amide bonds. The van der Waals surface area contributed by atoms with Crippen LogP contribution in [0.1, 0.15) is 6.92 Å². The molecular weight excluding hydrogens is 502 g/mol. The van der Waals surface area contributed by atoms with Crippen LogP contribution in [0.25, 0.3) is 0 Å². The van der Waals surface area contributed by atoms with E-state index in [0.29, 0.717) is 19.5 Å². The maximum absolute atomic E-state index is 4.59. The van der Waals surface area contributed by atoms with Crippen LogP contribution < -0.4 is 20.4 Å². The summed E-state index contributed by atoms with van der Waals surface area (Å²) >= 11 is 4.88. The molecule has 0 nitrogen and oxygen atoms in total. The Kier molecular flexibility index (Phi) is 6.09. The van der Waals surface area contributed by atoms with Gasteiger partial charge in [0.1, 0.15) is 0 Å². The molecule has 0 saturated heterocycles. The van der Waals surface area contributed by atoms with E-state index >= 15 is 0 Å². The second kappa shape index (κ2) is 8.58. The van der Waals surface area contributed by atoms with Crippen molar-refractivity contribution in [1.82, 2.24) is 0 Å². The fourth-order valence-electron chi connectivity index (χ4n) is 4.03. The van der Waals surface area contributed by atoms with Crippen LogP contribution in [0.4, 0.5) is 0 Å². The molecule has 0 aliphatic rings. The van der Waals surface area contributed by atoms with E-state index in [0.717, 1.165) is 0 Å². The SMILES string of the molecule is CC([Se]c1ccccc1)P(Br)(c1ccccc1)(c1ccccc1)c1ccccc1. The van der Waals surface area contributed by atoms with E-state index in [1.807, 2.05) is 0 Å². The first-order valence-electron chi connectivity index (χ1n) is 9.76. The topological polar surface area (TPSA) is 0 Å². The number of hydrogen-bond acceptors (Lipinski definition) is 0. The van der Waals surface area contributed by atoms with E-state index in [-0.39, 0.29) is 0 Å². The number of halogens is 1. The normalized spacial score (nSPS) is 13.9. The molecule has 0 N–H and O–H groups in total. The Hall–Kier alpha value is -1.69. The molecule has 0 spiro atoms. The monoisotopic (exact) mass is 526 g/mol. The van der Waals surface area contributed by atoms with Crippen molar-refractivity contribution >= 4 is 56.1 Å². The van der Waals surface area contributed by atoms with E-state index in [1.54, 1.807) is 0 Å². The summed E-state index contributed by atoms with van der Waals surface area (Å²) in [6, 6.07) is 44.2. The molecule has 0 saturated carbocycles. The van der Waals surface area contributed by atoms with Crippen molar-refractivity contribution in [2.45, 2.75) is 11.5 Å². The average molecular weight is 526 g/mol. The molecule has 0 heterocycles. The fraction of sp³-hybridized carbons (Fsp3) is 0.0769. The van der Waals surface area contributed by atoms with Crippen LogP contribution in [0.2, 0.25) is 0 Å². The first-order chi connectivity index (χ1) is 14.1. The predicted molar refractivity (Wildman–Crippen MR) is 135 cm³/mol. The summed E-state index contributed by atoms with van der Waals surface area (Å²) in [6.45, 7) is 2.44. The molecule has 29 heavy (non-hydrogen) atoms. The zero-order valence-electron chi connectivity index (χ0n) is 16.4. The fourth-order valence-corrected chi connectivity index (χ4v) is 17.7. The minimum absolute atomic E-state index is 0.296. The van der Waals surface area contributed by atoms with Crippen LogP contribution in [0, 0.1) is 0 Å². The molecular formula is C26H24BrPSe. The quantitative estimate of drug-likeness (QED) is 0.240. The van der Waals surface area contributed by atoms with Crippen LogP contribution >= 0.6 is 20.8 Å². The van der Waals surface area contributed by atoms with Gasteiger partial charge in [0.2, 0.25) is 0 Å². The molecule has 1 atom stereocenters. The molecule has 0 aromatic heterocycles. The number of rotatable bonds is 6. The standard InChI is InChI=1S/C26H24BrPSe/c1-22(29-26-20-12-5-13-21-26)28(27,23-14-6-2-7-15-23,24-16-8-3-9-17-24)25-18-10-4-11-19-25/h2-22H,1H3. The third kappa shape index (κ3) is 3.54. The minimum atomic E-state index is -2.89. The van der Waals surface area contributed by atoms with Gasteiger partial charge in [0.05, 0.1) is 0 Å². The third-order valence-electron chi connectivity index (χ3n) is 5.52. The van der Waals surface area contributed by atoms with Crippen molar-refractivity contribution in [2.75, 3.05) is 0 Å². The van der Waals surface area contributed by atoms with E-state index in [4.69, 9.17) is 0 Å². The molecule has 4 aromatic carbocycles. The third-order valence-corrected chi connectivity index (χ3v) is 23.2. The molecule has 0 bridgehead atoms. The second-order valence-electron chi connectivity index (χ2n) is 7.11. The molecule has 4 aromatic rings. The van der Waals surface area contributed by atoms with E-state index in [1.165, 1.54) is 20.4 Å². The van der Waals surface area contributed by atoms with Gasteiger partial charge in [0, 0.05) is 0 Å². The average Bonchev–Trinajstić information content (AvgIpc) is 2.81. The number of benzene rings is 4. The Morgan fingerprint density at radius 2 is 0.862 bits per heavy atom. The van der Waals surface area contributed by atoms with Crippen molar-refractivity contribution in [3.63, 3.8) is 0 Å². The molecule has 0 radical (unpaired) electrons. The van der Waals surface area contributed by atoms with Gasteiger partial charge >= 0.3 is 189 Å². The summed E-state index contributed by atoms with van der Waals surface area (Å²) < 4.78 is 1.87. The molecule has 0 fully saturated rings. The van der Waals surface area contributed by atoms with E-state index in [9.17, 15) is 0 Å². The summed E-state index contributed by atoms with van der Waals surface area (Å²) in [5.74, 6) is 0. The summed E-state index contributed by atoms with van der Waals surface area (Å²) in [5, 5.41) is 1.28. The molecule has 1 unspecified atom stereocenters. The maximum atomic E-state index is 4.59. The molecule has 3 heteroatoms. The van der Waals surface area contributed by atoms with Crippen molar-refractivity contribution in [3.8, 4) is 0 Å². The van der Waals surface area contributed by atoms with Gasteiger partial charge < -0.3 is 0 Å². The Morgan fingerprint density at radius 3 is 1.21 bits per heavy atom. The first kappa shape index (κ1) is 20.6. The van der Waals surface area contributed by atoms with Crippen molar-refractivity contribution < 1.29 is 0 Å². The van der Waals surface area contributed by atoms with Gasteiger partial charge in [0.25, 0.3) is 0 Å². The van der Waals surface area contributed by atoms with Gasteiger partial charge in [-0.1, -0.05) is 0 Å². The Balaban J connectivity index is 2.04. The van der Waals surface area contributed by atoms with Crippen molar-refractivity contribution in [2.24, 2.45) is 0 Å². The first-order valence-corrected chi connectivity index (χ1v) is 15.9. The second-order valence-corrected chi connectivity index (χ2v) is 19.8. The van der Waals surface area contributed by atoms with Gasteiger partial charge in [-0.2, -0.15) is 0 Å². The van der Waals surface area contributed by atoms with Crippen LogP contribution in [0.5, 0.6) is 0 Å². The van der Waals surface area contributed by atoms with Crippen LogP contribution in [0.15, 0.2) is 121 Å². The van der Waals surface area contributed by atoms with Gasteiger partial charge in [-0.25, -0.2) is 0 Å². The summed E-state index contributed by atoms with van der Waals surface area (Å²) in [6.07, 6.45) is 0. The van der Waals surface area contributed by atoms with Gasteiger partial charge in [0.15, 0.2) is 0 Å². The summed E-state index contributed by atoms with van der Waals surface area (Å²) in [7, 11) is 0. The summed E-state index contributed by atoms with van der Waals surface area (Å²) in [5.41, 5.74) is 0. The van der Waals surface area contributed by atoms with Crippen molar-refractivity contribution in [3.05, 3.63) is 121 Å². The molecule has 146 valence electrons. The zero-order chi connectivity index (χ0) is 20.2. The van der Waals surface area contributed by atoms with E-state index in [2.05, 4.69) is 144 Å². The van der Waals surface area contributed by atoms with Crippen LogP contribution in [0.3, 0.4) is 0 Å². The Morgan fingerprint density at radius 1 is 0.552 bits per heavy atom. The van der Waals surface area contributed by atoms with Gasteiger partial charge in [-0.05, 0) is 0 Å². The zero-order valence-corrected chi connectivity index (χ0v) is 20.6. The Labute approximate surface area is 188 Å². The van der Waals surface area contributed by atoms with Crippen LogP contribution in [-0.4, -0.2) is 19.5 Å². The number of hydrogen-bond donors (Lipinski definition) is 0. The van der Waals surface area contributed by atoms with Crippen LogP contribution in [-0.2, 0) is 0 Å². The summed E-state index contributed by atoms with van der Waals surface area (Å²) in [4.78, 5) is 0. The molecule has 4 rings (SSSR count). The Bertz CT molecular complexity index is 953. The van der Waals surface area contributed by atoms with E-state index < -0.39 is 5.31 Å². The molecule has 0 aliphatic carbocycles.